The molecule has 0 spiro atoms. The second-order valence-electron chi connectivity index (χ2n) is 1.25. The molecule has 4 heteroatoms. The van der Waals surface area contributed by atoms with Crippen molar-refractivity contribution in [3.63, 3.8) is 0 Å². The predicted octanol–water partition coefficient (Wildman–Crippen LogP) is 0.507. The molecule has 0 heterocycles. The average molecular weight is 132 g/mol. The van der Waals surface area contributed by atoms with E-state index < -0.39 is 11.9 Å². The second-order valence-corrected chi connectivity index (χ2v) is 1.25. The first-order valence-corrected chi connectivity index (χ1v) is 2.43. The van der Waals surface area contributed by atoms with Gasteiger partial charge in [-0.1, -0.05) is 0 Å². The molecular formula is C5H8O4. The number of hydrogen-bond donors (Lipinski definition) is 2. The Morgan fingerprint density at radius 3 is 2.56 bits per heavy atom. The highest BCUT2D eigenvalue weighted by Gasteiger charge is 1.94. The Morgan fingerprint density at radius 1 is 1.67 bits per heavy atom. The molecule has 4 nitrogen and oxygen atoms in total. The minimum Gasteiger partial charge on any atom is -0.481 e. The van der Waals surface area contributed by atoms with Crippen LogP contribution in [0.5, 0.6) is 0 Å². The van der Waals surface area contributed by atoms with Crippen LogP contribution in [0.25, 0.3) is 0 Å². The molecule has 0 aliphatic heterocycles. The summed E-state index contributed by atoms with van der Waals surface area (Å²) in [5, 5.41) is 16.5. The molecule has 0 unspecified atom stereocenters. The first kappa shape index (κ1) is 7.81. The topological polar surface area (TPSA) is 66.8 Å². The first-order valence-electron chi connectivity index (χ1n) is 2.43. The van der Waals surface area contributed by atoms with Crippen molar-refractivity contribution in [3.05, 3.63) is 12.0 Å². The van der Waals surface area contributed by atoms with Gasteiger partial charge in [-0.2, -0.15) is 0 Å². The molecule has 0 aromatic heterocycles. The Labute approximate surface area is 52.4 Å². The zero-order chi connectivity index (χ0) is 7.28. The van der Waals surface area contributed by atoms with Gasteiger partial charge in [0.05, 0.1) is 6.61 Å². The van der Waals surface area contributed by atoms with Crippen LogP contribution < -0.4 is 0 Å². The molecule has 0 bridgehead atoms. The molecule has 52 valence electrons. The Bertz CT molecular complexity index is 127. The minimum atomic E-state index is -1.22. The van der Waals surface area contributed by atoms with Gasteiger partial charge >= 0.3 is 5.97 Å². The van der Waals surface area contributed by atoms with Crippen LogP contribution in [0.4, 0.5) is 0 Å². The summed E-state index contributed by atoms with van der Waals surface area (Å²) in [6.07, 6.45) is 0.587. The highest BCUT2D eigenvalue weighted by atomic mass is 16.6. The van der Waals surface area contributed by atoms with Crippen molar-refractivity contribution < 1.29 is 19.7 Å². The van der Waals surface area contributed by atoms with E-state index in [1.54, 1.807) is 6.92 Å². The zero-order valence-corrected chi connectivity index (χ0v) is 5.00. The van der Waals surface area contributed by atoms with Gasteiger partial charge in [0.15, 0.2) is 0 Å². The summed E-state index contributed by atoms with van der Waals surface area (Å²) in [5.74, 6) is -1.79. The SMILES string of the molecule is CCOC(O)=CC(=O)O. The van der Waals surface area contributed by atoms with Crippen LogP contribution in [0.2, 0.25) is 0 Å². The third-order valence-electron chi connectivity index (χ3n) is 0.539. The molecule has 0 atom stereocenters. The number of carboxylic acid groups (broad SMARTS) is 1. The standard InChI is InChI=1S/C5H8O4/c1-2-9-5(8)3-4(6)7/h3,8H,2H2,1H3,(H,6,7). The van der Waals surface area contributed by atoms with Crippen molar-refractivity contribution in [1.29, 1.82) is 0 Å². The number of carbonyl (C=O) groups is 1. The van der Waals surface area contributed by atoms with Gasteiger partial charge in [-0.3, -0.25) is 0 Å². The zero-order valence-electron chi connectivity index (χ0n) is 5.00. The van der Waals surface area contributed by atoms with Crippen LogP contribution in [-0.2, 0) is 9.53 Å². The number of aliphatic hydroxyl groups is 1. The van der Waals surface area contributed by atoms with Crippen molar-refractivity contribution in [3.8, 4) is 0 Å². The average Bonchev–Trinajstić information content (AvgIpc) is 1.63. The second kappa shape index (κ2) is 3.77. The largest absolute Gasteiger partial charge is 0.481 e. The molecule has 0 saturated carbocycles. The Kier molecular flexibility index (Phi) is 3.27. The third kappa shape index (κ3) is 4.67. The number of ether oxygens (including phenoxy) is 1. The van der Waals surface area contributed by atoms with E-state index in [-0.39, 0.29) is 6.61 Å². The minimum absolute atomic E-state index is 0.260. The molecular weight excluding hydrogens is 124 g/mol. The third-order valence-corrected chi connectivity index (χ3v) is 0.539. The predicted molar refractivity (Wildman–Crippen MR) is 30.0 cm³/mol. The van der Waals surface area contributed by atoms with Gasteiger partial charge in [-0.05, 0) is 6.92 Å². The van der Waals surface area contributed by atoms with E-state index in [1.165, 1.54) is 0 Å². The molecule has 0 aliphatic carbocycles. The summed E-state index contributed by atoms with van der Waals surface area (Å²) in [7, 11) is 0. The van der Waals surface area contributed by atoms with Gasteiger partial charge in [0.2, 0.25) is 0 Å². The maximum atomic E-state index is 9.77. The summed E-state index contributed by atoms with van der Waals surface area (Å²) < 4.78 is 4.39. The number of hydrogen-bond acceptors (Lipinski definition) is 3. The molecule has 0 aromatic rings. The smallest absolute Gasteiger partial charge is 0.335 e. The quantitative estimate of drug-likeness (QED) is 0.433. The monoisotopic (exact) mass is 132 g/mol. The van der Waals surface area contributed by atoms with Crippen LogP contribution in [0.15, 0.2) is 12.0 Å². The van der Waals surface area contributed by atoms with E-state index in [9.17, 15) is 4.79 Å². The van der Waals surface area contributed by atoms with Gasteiger partial charge in [-0.15, -0.1) is 0 Å². The lowest BCUT2D eigenvalue weighted by atomic mass is 10.6. The van der Waals surface area contributed by atoms with E-state index in [2.05, 4.69) is 4.74 Å². The van der Waals surface area contributed by atoms with Crippen molar-refractivity contribution >= 4 is 5.97 Å². The Hall–Kier alpha value is -1.19. The fraction of sp³-hybridized carbons (Fsp3) is 0.400. The fourth-order valence-electron chi connectivity index (χ4n) is 0.295. The van der Waals surface area contributed by atoms with Crippen LogP contribution >= 0.6 is 0 Å². The van der Waals surface area contributed by atoms with E-state index in [0.29, 0.717) is 6.08 Å². The van der Waals surface area contributed by atoms with Gasteiger partial charge in [0.25, 0.3) is 5.95 Å². The summed E-state index contributed by atoms with van der Waals surface area (Å²) >= 11 is 0. The molecule has 0 amide bonds. The molecule has 2 N–H and O–H groups in total. The lowest BCUT2D eigenvalue weighted by Gasteiger charge is -1.96. The van der Waals surface area contributed by atoms with Crippen LogP contribution in [-0.4, -0.2) is 22.8 Å². The lowest BCUT2D eigenvalue weighted by molar-refractivity contribution is -0.131. The number of carboxylic acids is 1. The van der Waals surface area contributed by atoms with Crippen molar-refractivity contribution in [2.45, 2.75) is 6.92 Å². The van der Waals surface area contributed by atoms with Gasteiger partial charge in [0, 0.05) is 0 Å². The molecule has 0 aromatic carbocycles. The molecule has 0 radical (unpaired) electrons. The molecule has 0 saturated heterocycles. The Morgan fingerprint density at radius 2 is 2.22 bits per heavy atom. The highest BCUT2D eigenvalue weighted by molar-refractivity contribution is 5.79. The van der Waals surface area contributed by atoms with Gasteiger partial charge in [-0.25, -0.2) is 4.79 Å². The summed E-state index contributed by atoms with van der Waals surface area (Å²) in [5.41, 5.74) is 0. The number of aliphatic carboxylic acids is 1. The maximum Gasteiger partial charge on any atom is 0.335 e. The number of rotatable bonds is 3. The van der Waals surface area contributed by atoms with Crippen LogP contribution in [0, 0.1) is 0 Å². The summed E-state index contributed by atoms with van der Waals surface area (Å²) in [4.78, 5) is 9.77. The maximum absolute atomic E-state index is 9.77. The van der Waals surface area contributed by atoms with E-state index in [4.69, 9.17) is 10.2 Å². The van der Waals surface area contributed by atoms with Crippen molar-refractivity contribution in [2.24, 2.45) is 0 Å². The summed E-state index contributed by atoms with van der Waals surface area (Å²) in [6.45, 7) is 1.90. The molecule has 0 fully saturated rings. The van der Waals surface area contributed by atoms with E-state index in [1.807, 2.05) is 0 Å². The normalized spacial score (nSPS) is 11.0. The van der Waals surface area contributed by atoms with E-state index in [0.717, 1.165) is 0 Å². The number of aliphatic hydroxyl groups excluding tert-OH is 1. The molecule has 0 rings (SSSR count). The Balaban J connectivity index is 3.69. The van der Waals surface area contributed by atoms with Gasteiger partial charge in [0.1, 0.15) is 6.08 Å². The van der Waals surface area contributed by atoms with Crippen molar-refractivity contribution in [2.75, 3.05) is 6.61 Å². The molecule has 9 heavy (non-hydrogen) atoms. The fourth-order valence-corrected chi connectivity index (χ4v) is 0.295. The molecule has 0 aliphatic rings. The highest BCUT2D eigenvalue weighted by Crippen LogP contribution is 1.88. The van der Waals surface area contributed by atoms with Gasteiger partial charge < -0.3 is 14.9 Å². The van der Waals surface area contributed by atoms with Crippen LogP contribution in [0.1, 0.15) is 6.92 Å². The van der Waals surface area contributed by atoms with Crippen LogP contribution in [0.3, 0.4) is 0 Å². The summed E-state index contributed by atoms with van der Waals surface area (Å²) in [6, 6.07) is 0. The first-order chi connectivity index (χ1) is 4.16. The lowest BCUT2D eigenvalue weighted by Crippen LogP contribution is -1.95. The van der Waals surface area contributed by atoms with E-state index >= 15 is 0 Å². The van der Waals surface area contributed by atoms with Crippen molar-refractivity contribution in [1.82, 2.24) is 0 Å².